The molecule has 2 atom stereocenters. The van der Waals surface area contributed by atoms with Crippen molar-refractivity contribution in [2.24, 2.45) is 0 Å². The number of rotatable bonds is 4. The van der Waals surface area contributed by atoms with Gasteiger partial charge in [0, 0.05) is 30.8 Å². The van der Waals surface area contributed by atoms with Gasteiger partial charge in [-0.1, -0.05) is 76.7 Å². The highest BCUT2D eigenvalue weighted by molar-refractivity contribution is 6.35. The van der Waals surface area contributed by atoms with Crippen LogP contribution < -0.4 is 5.32 Å². The largest absolute Gasteiger partial charge is 0.399 e. The zero-order chi connectivity index (χ0) is 33.5. The fourth-order valence-electron chi connectivity index (χ4n) is 5.63. The molecule has 1 N–H and O–H groups in total. The average Bonchev–Trinajstić information content (AvgIpc) is 3.65. The summed E-state index contributed by atoms with van der Waals surface area (Å²) in [6.45, 7) is -0.471. The van der Waals surface area contributed by atoms with Gasteiger partial charge in [0.2, 0.25) is 0 Å². The van der Waals surface area contributed by atoms with Crippen molar-refractivity contribution in [1.82, 2.24) is 10.2 Å². The topological polar surface area (TPSA) is 15.3 Å². The summed E-state index contributed by atoms with van der Waals surface area (Å²) in [5.74, 6) is -5.34. The second-order valence-electron chi connectivity index (χ2n) is 10.7. The monoisotopic (exact) mass is 728 g/mol. The van der Waals surface area contributed by atoms with Crippen molar-refractivity contribution in [2.75, 3.05) is 26.2 Å². The van der Waals surface area contributed by atoms with Crippen LogP contribution >= 0.6 is 46.4 Å². The second-order valence-corrected chi connectivity index (χ2v) is 12.3. The standard InChI is InChI=1S/C18H14Cl2F5N.C11H8Cl2F5N/c19-13-8-12(15(21)14(20)16(13)22)17(18(23,24)25)6-7-26(10-17)9-11-4-2-1-3-5-11;12-6-3-5(8(14)7(13)9(6)15)10(11(16,17)18)1-2-19-4-10/h1-5,8H,6-7,9-10H2;3,19H,1-2,4H2. The molecule has 246 valence electrons. The molecule has 5 rings (SSSR count). The Kier molecular flexibility index (Phi) is 10.6. The van der Waals surface area contributed by atoms with Crippen molar-refractivity contribution in [2.45, 2.75) is 42.6 Å². The molecule has 2 nitrogen and oxygen atoms in total. The molecule has 0 spiro atoms. The third kappa shape index (κ3) is 6.73. The van der Waals surface area contributed by atoms with Gasteiger partial charge in [-0.05, 0) is 43.6 Å². The lowest BCUT2D eigenvalue weighted by Gasteiger charge is -2.33. The molecule has 3 aromatic rings. The molecule has 2 fully saturated rings. The molecule has 2 aliphatic heterocycles. The number of alkyl halides is 6. The number of likely N-dealkylation sites (tertiary alicyclic amines) is 1. The lowest BCUT2D eigenvalue weighted by atomic mass is 9.78. The Morgan fingerprint density at radius 1 is 0.689 bits per heavy atom. The van der Waals surface area contributed by atoms with Crippen LogP contribution in [0.3, 0.4) is 0 Å². The minimum Gasteiger partial charge on any atom is -0.315 e. The first-order chi connectivity index (χ1) is 20.9. The smallest absolute Gasteiger partial charge is 0.315 e. The molecule has 0 saturated carbocycles. The zero-order valence-corrected chi connectivity index (χ0v) is 25.8. The summed E-state index contributed by atoms with van der Waals surface area (Å²) in [6.07, 6.45) is -10.2. The Bertz CT molecular complexity index is 1540. The van der Waals surface area contributed by atoms with Gasteiger partial charge in [0.05, 0.1) is 10.0 Å². The van der Waals surface area contributed by atoms with E-state index in [2.05, 4.69) is 5.32 Å². The SMILES string of the molecule is Fc1c(Cl)cc(C2(C(F)(F)F)CCN(Cc3ccccc3)C2)c(F)c1Cl.Fc1c(Cl)cc(C2(C(F)(F)F)CCNC2)c(F)c1Cl. The highest BCUT2D eigenvalue weighted by atomic mass is 35.5. The molecule has 0 bridgehead atoms. The average molecular weight is 730 g/mol. The van der Waals surface area contributed by atoms with Gasteiger partial charge in [0.25, 0.3) is 0 Å². The van der Waals surface area contributed by atoms with Gasteiger partial charge in [-0.25, -0.2) is 17.6 Å². The molecular formula is C29H22Cl4F10N2. The highest BCUT2D eigenvalue weighted by Crippen LogP contribution is 2.51. The maximum atomic E-state index is 14.5. The molecule has 0 aromatic heterocycles. The van der Waals surface area contributed by atoms with E-state index in [-0.39, 0.29) is 25.9 Å². The van der Waals surface area contributed by atoms with E-state index in [4.69, 9.17) is 46.4 Å². The van der Waals surface area contributed by atoms with E-state index >= 15 is 0 Å². The Morgan fingerprint density at radius 2 is 1.18 bits per heavy atom. The molecule has 0 amide bonds. The maximum absolute atomic E-state index is 14.5. The zero-order valence-electron chi connectivity index (χ0n) is 22.7. The van der Waals surface area contributed by atoms with Crippen molar-refractivity contribution < 1.29 is 43.9 Å². The van der Waals surface area contributed by atoms with E-state index in [1.54, 1.807) is 29.2 Å². The van der Waals surface area contributed by atoms with E-state index in [1.165, 1.54) is 0 Å². The van der Waals surface area contributed by atoms with Crippen LogP contribution in [-0.2, 0) is 17.4 Å². The van der Waals surface area contributed by atoms with Crippen LogP contribution in [0.25, 0.3) is 0 Å². The van der Waals surface area contributed by atoms with Crippen molar-refractivity contribution in [3.05, 3.63) is 103 Å². The molecule has 45 heavy (non-hydrogen) atoms. The fraction of sp³-hybridized carbons (Fsp3) is 0.379. The molecule has 0 radical (unpaired) electrons. The van der Waals surface area contributed by atoms with Crippen LogP contribution in [0.2, 0.25) is 20.1 Å². The van der Waals surface area contributed by atoms with Crippen LogP contribution in [0.15, 0.2) is 42.5 Å². The molecule has 2 heterocycles. The third-order valence-corrected chi connectivity index (χ3v) is 9.29. The van der Waals surface area contributed by atoms with E-state index in [0.29, 0.717) is 18.7 Å². The number of hydrogen-bond acceptors (Lipinski definition) is 2. The predicted octanol–water partition coefficient (Wildman–Crippen LogP) is 10.0. The number of benzene rings is 3. The van der Waals surface area contributed by atoms with Crippen molar-refractivity contribution in [3.8, 4) is 0 Å². The summed E-state index contributed by atoms with van der Waals surface area (Å²) in [7, 11) is 0. The molecule has 2 aliphatic rings. The van der Waals surface area contributed by atoms with Gasteiger partial charge >= 0.3 is 12.4 Å². The summed E-state index contributed by atoms with van der Waals surface area (Å²) >= 11 is 22.0. The first kappa shape index (κ1) is 35.9. The minimum atomic E-state index is -4.75. The van der Waals surface area contributed by atoms with Gasteiger partial charge in [0.15, 0.2) is 11.6 Å². The summed E-state index contributed by atoms with van der Waals surface area (Å²) in [4.78, 5) is 1.59. The van der Waals surface area contributed by atoms with Crippen LogP contribution in [0.1, 0.15) is 29.5 Å². The summed E-state index contributed by atoms with van der Waals surface area (Å²) in [5.41, 5.74) is -5.51. The number of hydrogen-bond donors (Lipinski definition) is 1. The Morgan fingerprint density at radius 3 is 1.62 bits per heavy atom. The van der Waals surface area contributed by atoms with E-state index in [1.807, 2.05) is 6.07 Å². The number of nitrogens with zero attached hydrogens (tertiary/aromatic N) is 1. The maximum Gasteiger partial charge on any atom is 0.399 e. The van der Waals surface area contributed by atoms with Crippen LogP contribution in [0.5, 0.6) is 0 Å². The highest BCUT2D eigenvalue weighted by Gasteiger charge is 2.61. The van der Waals surface area contributed by atoms with E-state index in [9.17, 15) is 43.9 Å². The quantitative estimate of drug-likeness (QED) is 0.163. The fourth-order valence-corrected chi connectivity index (χ4v) is 6.54. The van der Waals surface area contributed by atoms with Gasteiger partial charge < -0.3 is 5.32 Å². The molecule has 16 heteroatoms. The first-order valence-corrected chi connectivity index (χ1v) is 14.6. The molecular weight excluding hydrogens is 708 g/mol. The van der Waals surface area contributed by atoms with Crippen molar-refractivity contribution >= 4 is 46.4 Å². The summed E-state index contributed by atoms with van der Waals surface area (Å²) < 4.78 is 137. The second kappa shape index (κ2) is 13.3. The lowest BCUT2D eigenvalue weighted by Crippen LogP contribution is -2.45. The number of halogens is 14. The molecule has 2 saturated heterocycles. The van der Waals surface area contributed by atoms with Crippen molar-refractivity contribution in [1.29, 1.82) is 0 Å². The van der Waals surface area contributed by atoms with Crippen molar-refractivity contribution in [3.63, 3.8) is 0 Å². The Balaban J connectivity index is 0.000000215. The normalized spacial score (nSPS) is 22.4. The number of nitrogens with one attached hydrogen (secondary N) is 1. The minimum absolute atomic E-state index is 0.0750. The van der Waals surface area contributed by atoms with Crippen LogP contribution in [0, 0.1) is 23.3 Å². The van der Waals surface area contributed by atoms with Crippen LogP contribution in [-0.4, -0.2) is 43.4 Å². The lowest BCUT2D eigenvalue weighted by molar-refractivity contribution is -0.188. The van der Waals surface area contributed by atoms with E-state index < -0.39 is 90.8 Å². The van der Waals surface area contributed by atoms with Crippen LogP contribution in [0.4, 0.5) is 43.9 Å². The Hall–Kier alpha value is -1.96. The third-order valence-electron chi connectivity index (χ3n) is 8.07. The Labute approximate surface area is 271 Å². The first-order valence-electron chi connectivity index (χ1n) is 13.1. The summed E-state index contributed by atoms with van der Waals surface area (Å²) in [6, 6.07) is 10.4. The van der Waals surface area contributed by atoms with Gasteiger partial charge in [0.1, 0.15) is 32.5 Å². The predicted molar refractivity (Wildman–Crippen MR) is 152 cm³/mol. The van der Waals surface area contributed by atoms with Gasteiger partial charge in [-0.2, -0.15) is 26.3 Å². The van der Waals surface area contributed by atoms with Gasteiger partial charge in [-0.15, -0.1) is 0 Å². The molecule has 0 aliphatic carbocycles. The molecule has 3 aromatic carbocycles. The van der Waals surface area contributed by atoms with Gasteiger partial charge in [-0.3, -0.25) is 4.90 Å². The molecule has 2 unspecified atom stereocenters. The van der Waals surface area contributed by atoms with E-state index in [0.717, 1.165) is 5.56 Å². The summed E-state index contributed by atoms with van der Waals surface area (Å²) in [5, 5.41) is -0.755.